The van der Waals surface area contributed by atoms with Crippen LogP contribution in [0.25, 0.3) is 0 Å². The van der Waals surface area contributed by atoms with Gasteiger partial charge in [0.15, 0.2) is 5.84 Å². The molecule has 0 aromatic heterocycles. The van der Waals surface area contributed by atoms with Crippen molar-refractivity contribution in [3.63, 3.8) is 0 Å². The quantitative estimate of drug-likeness (QED) is 0.281. The second kappa shape index (κ2) is 6.04. The van der Waals surface area contributed by atoms with E-state index in [0.29, 0.717) is 24.9 Å². The molecule has 1 aliphatic heterocycles. The average molecular weight is 254 g/mol. The minimum Gasteiger partial charge on any atom is -0.409 e. The minimum atomic E-state index is 0.201. The van der Waals surface area contributed by atoms with E-state index in [4.69, 9.17) is 10.9 Å². The Morgan fingerprint density at radius 2 is 2.00 bits per heavy atom. The monoisotopic (exact) mass is 254 g/mol. The van der Waals surface area contributed by atoms with Crippen LogP contribution in [-0.4, -0.2) is 47.5 Å². The lowest BCUT2D eigenvalue weighted by atomic mass is 10.0. The van der Waals surface area contributed by atoms with E-state index in [-0.39, 0.29) is 11.7 Å². The third kappa shape index (κ3) is 4.18. The fourth-order valence-corrected chi connectivity index (χ4v) is 2.37. The van der Waals surface area contributed by atoms with Crippen LogP contribution < -0.4 is 11.1 Å². The molecule has 0 radical (unpaired) electrons. The predicted molar refractivity (Wildman–Crippen MR) is 68.4 cm³/mol. The first kappa shape index (κ1) is 13.1. The average Bonchev–Trinajstić information content (AvgIpc) is 3.15. The lowest BCUT2D eigenvalue weighted by molar-refractivity contribution is -0.122. The van der Waals surface area contributed by atoms with Crippen LogP contribution in [0.1, 0.15) is 32.1 Å². The Bertz CT molecular complexity index is 320. The second-order valence-electron chi connectivity index (χ2n) is 5.36. The van der Waals surface area contributed by atoms with Gasteiger partial charge in [-0.1, -0.05) is 5.16 Å². The molecular weight excluding hydrogens is 232 g/mol. The Morgan fingerprint density at radius 1 is 1.33 bits per heavy atom. The molecule has 6 nitrogen and oxygen atoms in total. The number of amides is 1. The fraction of sp³-hybridized carbons (Fsp3) is 0.833. The van der Waals surface area contributed by atoms with Gasteiger partial charge >= 0.3 is 0 Å². The summed E-state index contributed by atoms with van der Waals surface area (Å²) in [7, 11) is 0. The van der Waals surface area contributed by atoms with Crippen LogP contribution in [0, 0.1) is 5.92 Å². The number of piperidine rings is 1. The smallest absolute Gasteiger partial charge is 0.220 e. The molecule has 0 spiro atoms. The first-order chi connectivity index (χ1) is 8.67. The Balaban J connectivity index is 1.64. The van der Waals surface area contributed by atoms with E-state index < -0.39 is 0 Å². The van der Waals surface area contributed by atoms with Crippen molar-refractivity contribution in [3.05, 3.63) is 0 Å². The zero-order chi connectivity index (χ0) is 13.0. The molecule has 2 fully saturated rings. The summed E-state index contributed by atoms with van der Waals surface area (Å²) in [6.07, 6.45) is 5.01. The molecule has 2 aliphatic rings. The van der Waals surface area contributed by atoms with Crippen LogP contribution >= 0.6 is 0 Å². The number of nitrogens with two attached hydrogens (primary N) is 1. The van der Waals surface area contributed by atoms with Gasteiger partial charge in [-0.15, -0.1) is 0 Å². The van der Waals surface area contributed by atoms with Gasteiger partial charge in [-0.3, -0.25) is 9.69 Å². The number of oxime groups is 1. The lowest BCUT2D eigenvalue weighted by Gasteiger charge is -2.31. The molecule has 18 heavy (non-hydrogen) atoms. The van der Waals surface area contributed by atoms with Gasteiger partial charge in [-0.05, 0) is 31.6 Å². The van der Waals surface area contributed by atoms with Gasteiger partial charge in [0.2, 0.25) is 5.91 Å². The van der Waals surface area contributed by atoms with E-state index in [1.54, 1.807) is 0 Å². The van der Waals surface area contributed by atoms with Gasteiger partial charge in [-0.2, -0.15) is 0 Å². The number of carbonyl (C=O) groups excluding carboxylic acids is 1. The van der Waals surface area contributed by atoms with Crippen molar-refractivity contribution < 1.29 is 10.0 Å². The number of nitrogens with zero attached hydrogens (tertiary/aromatic N) is 2. The molecule has 6 heteroatoms. The molecule has 0 unspecified atom stereocenters. The second-order valence-corrected chi connectivity index (χ2v) is 5.36. The summed E-state index contributed by atoms with van der Waals surface area (Å²) in [5.41, 5.74) is 5.47. The van der Waals surface area contributed by atoms with Crippen molar-refractivity contribution in [2.45, 2.75) is 38.1 Å². The number of amidine groups is 1. The van der Waals surface area contributed by atoms with Gasteiger partial charge in [0.1, 0.15) is 0 Å². The van der Waals surface area contributed by atoms with Gasteiger partial charge < -0.3 is 16.3 Å². The zero-order valence-corrected chi connectivity index (χ0v) is 10.6. The van der Waals surface area contributed by atoms with Gasteiger partial charge in [-0.25, -0.2) is 0 Å². The molecule has 102 valence electrons. The van der Waals surface area contributed by atoms with E-state index in [2.05, 4.69) is 15.4 Å². The van der Waals surface area contributed by atoms with Crippen LogP contribution in [0.15, 0.2) is 5.16 Å². The number of hydrogen-bond acceptors (Lipinski definition) is 4. The Morgan fingerprint density at radius 3 is 2.56 bits per heavy atom. The number of hydrogen-bond donors (Lipinski definition) is 3. The summed E-state index contributed by atoms with van der Waals surface area (Å²) in [5.74, 6) is 1.09. The van der Waals surface area contributed by atoms with Crippen molar-refractivity contribution >= 4 is 11.7 Å². The van der Waals surface area contributed by atoms with E-state index in [1.165, 1.54) is 12.8 Å². The Kier molecular flexibility index (Phi) is 4.41. The topological polar surface area (TPSA) is 91.0 Å². The first-order valence-electron chi connectivity index (χ1n) is 6.65. The molecule has 0 bridgehead atoms. The van der Waals surface area contributed by atoms with Crippen molar-refractivity contribution in [3.8, 4) is 0 Å². The molecule has 0 aromatic carbocycles. The largest absolute Gasteiger partial charge is 0.409 e. The maximum atomic E-state index is 11.7. The lowest BCUT2D eigenvalue weighted by Crippen LogP contribution is -2.46. The standard InChI is InChI=1S/C12H22N4O2/c13-11(15-18)8-16-5-3-10(4-6-16)14-12(17)7-9-1-2-9/h9-10,18H,1-8H2,(H2,13,15)(H,14,17). The molecule has 1 saturated heterocycles. The number of rotatable bonds is 5. The molecule has 2 rings (SSSR count). The molecular formula is C12H22N4O2. The molecule has 1 heterocycles. The Hall–Kier alpha value is -1.30. The zero-order valence-electron chi connectivity index (χ0n) is 10.6. The molecule has 0 aromatic rings. The highest BCUT2D eigenvalue weighted by Crippen LogP contribution is 2.32. The third-order valence-corrected chi connectivity index (χ3v) is 3.64. The summed E-state index contributed by atoms with van der Waals surface area (Å²) in [5, 5.41) is 14.6. The summed E-state index contributed by atoms with van der Waals surface area (Å²) in [6, 6.07) is 0.291. The molecule has 0 atom stereocenters. The highest BCUT2D eigenvalue weighted by atomic mass is 16.4. The van der Waals surface area contributed by atoms with Gasteiger partial charge in [0.25, 0.3) is 0 Å². The van der Waals surface area contributed by atoms with E-state index in [1.807, 2.05) is 0 Å². The predicted octanol–water partition coefficient (Wildman–Crippen LogP) is 0.114. The van der Waals surface area contributed by atoms with Gasteiger partial charge in [0.05, 0.1) is 6.54 Å². The van der Waals surface area contributed by atoms with E-state index in [0.717, 1.165) is 25.9 Å². The molecule has 1 saturated carbocycles. The SMILES string of the molecule is NC(CN1CCC(NC(=O)CC2CC2)CC1)=NO. The maximum absolute atomic E-state index is 11.7. The minimum absolute atomic E-state index is 0.201. The van der Waals surface area contributed by atoms with Gasteiger partial charge in [0, 0.05) is 25.6 Å². The van der Waals surface area contributed by atoms with Crippen molar-refractivity contribution in [1.29, 1.82) is 0 Å². The first-order valence-corrected chi connectivity index (χ1v) is 6.65. The highest BCUT2D eigenvalue weighted by Gasteiger charge is 2.26. The molecule has 1 amide bonds. The summed E-state index contributed by atoms with van der Waals surface area (Å²) >= 11 is 0. The third-order valence-electron chi connectivity index (χ3n) is 3.64. The highest BCUT2D eigenvalue weighted by molar-refractivity contribution is 5.81. The molecule has 4 N–H and O–H groups in total. The fourth-order valence-electron chi connectivity index (χ4n) is 2.37. The Labute approximate surface area is 107 Å². The van der Waals surface area contributed by atoms with Crippen LogP contribution in [0.4, 0.5) is 0 Å². The van der Waals surface area contributed by atoms with Crippen molar-refractivity contribution in [2.75, 3.05) is 19.6 Å². The van der Waals surface area contributed by atoms with Crippen LogP contribution in [0.3, 0.4) is 0 Å². The van der Waals surface area contributed by atoms with Crippen LogP contribution in [0.2, 0.25) is 0 Å². The summed E-state index contributed by atoms with van der Waals surface area (Å²) < 4.78 is 0. The summed E-state index contributed by atoms with van der Waals surface area (Å²) in [6.45, 7) is 2.26. The van der Waals surface area contributed by atoms with Crippen LogP contribution in [-0.2, 0) is 4.79 Å². The van der Waals surface area contributed by atoms with Crippen molar-refractivity contribution in [1.82, 2.24) is 10.2 Å². The van der Waals surface area contributed by atoms with E-state index >= 15 is 0 Å². The number of likely N-dealkylation sites (tertiary alicyclic amines) is 1. The maximum Gasteiger partial charge on any atom is 0.220 e. The summed E-state index contributed by atoms with van der Waals surface area (Å²) in [4.78, 5) is 13.8. The normalized spacial score (nSPS) is 23.0. The van der Waals surface area contributed by atoms with E-state index in [9.17, 15) is 4.79 Å². The molecule has 1 aliphatic carbocycles. The number of nitrogens with one attached hydrogen (secondary N) is 1. The number of carbonyl (C=O) groups is 1. The van der Waals surface area contributed by atoms with Crippen LogP contribution in [0.5, 0.6) is 0 Å². The van der Waals surface area contributed by atoms with Crippen molar-refractivity contribution in [2.24, 2.45) is 16.8 Å².